The van der Waals surface area contributed by atoms with Crippen LogP contribution in [0, 0.1) is 0 Å². The van der Waals surface area contributed by atoms with E-state index in [0.29, 0.717) is 38.9 Å². The Kier molecular flexibility index (Phi) is 7.84. The molecule has 8 nitrogen and oxygen atoms in total. The highest BCUT2D eigenvalue weighted by Crippen LogP contribution is 2.30. The minimum absolute atomic E-state index is 0.0446. The predicted octanol–water partition coefficient (Wildman–Crippen LogP) is 2.65. The number of methoxy groups -OCH3 is 1. The van der Waals surface area contributed by atoms with Gasteiger partial charge in [0.25, 0.3) is 0 Å². The molecule has 0 bridgehead atoms. The third-order valence-electron chi connectivity index (χ3n) is 5.60. The van der Waals surface area contributed by atoms with Crippen LogP contribution in [-0.2, 0) is 14.3 Å². The van der Waals surface area contributed by atoms with Gasteiger partial charge in [0.1, 0.15) is 12.1 Å². The SMILES string of the molecule is COC(=O)C(CCSC)NC(=O)N1CCC(N2CC(c3ccccc3)OC2=O)CC1. The van der Waals surface area contributed by atoms with E-state index in [-0.39, 0.29) is 24.3 Å². The smallest absolute Gasteiger partial charge is 0.410 e. The van der Waals surface area contributed by atoms with E-state index < -0.39 is 12.0 Å². The van der Waals surface area contributed by atoms with Gasteiger partial charge in [0.05, 0.1) is 13.7 Å². The van der Waals surface area contributed by atoms with Gasteiger partial charge < -0.3 is 24.6 Å². The van der Waals surface area contributed by atoms with Crippen molar-refractivity contribution < 1.29 is 23.9 Å². The van der Waals surface area contributed by atoms with Gasteiger partial charge in [0.2, 0.25) is 0 Å². The minimum atomic E-state index is -0.645. The van der Waals surface area contributed by atoms with Crippen LogP contribution in [0.5, 0.6) is 0 Å². The minimum Gasteiger partial charge on any atom is -0.467 e. The normalized spacial score (nSPS) is 20.6. The Hall–Kier alpha value is -2.42. The third-order valence-corrected chi connectivity index (χ3v) is 6.24. The number of nitrogens with zero attached hydrogens (tertiary/aromatic N) is 2. The number of carbonyl (C=O) groups is 3. The van der Waals surface area contributed by atoms with Gasteiger partial charge in [-0.25, -0.2) is 14.4 Å². The Morgan fingerprint density at radius 2 is 1.97 bits per heavy atom. The highest BCUT2D eigenvalue weighted by atomic mass is 32.2. The number of likely N-dealkylation sites (tertiary alicyclic amines) is 1. The zero-order valence-corrected chi connectivity index (χ0v) is 18.2. The summed E-state index contributed by atoms with van der Waals surface area (Å²) in [6.45, 7) is 1.57. The average molecular weight is 436 g/mol. The molecule has 2 atom stereocenters. The summed E-state index contributed by atoms with van der Waals surface area (Å²) in [4.78, 5) is 40.4. The van der Waals surface area contributed by atoms with Crippen LogP contribution in [0.15, 0.2) is 30.3 Å². The monoisotopic (exact) mass is 435 g/mol. The average Bonchev–Trinajstić information content (AvgIpc) is 3.18. The van der Waals surface area contributed by atoms with Crippen LogP contribution in [0.4, 0.5) is 9.59 Å². The molecule has 1 aromatic rings. The van der Waals surface area contributed by atoms with Crippen molar-refractivity contribution >= 4 is 29.9 Å². The second-order valence-electron chi connectivity index (χ2n) is 7.46. The molecular weight excluding hydrogens is 406 g/mol. The Labute approximate surface area is 181 Å². The number of nitrogens with one attached hydrogen (secondary N) is 1. The van der Waals surface area contributed by atoms with Crippen molar-refractivity contribution in [3.63, 3.8) is 0 Å². The van der Waals surface area contributed by atoms with Gasteiger partial charge in [-0.05, 0) is 36.8 Å². The van der Waals surface area contributed by atoms with E-state index in [1.807, 2.05) is 36.6 Å². The number of carbonyl (C=O) groups excluding carboxylic acids is 3. The molecule has 2 heterocycles. The van der Waals surface area contributed by atoms with Gasteiger partial charge in [0.15, 0.2) is 0 Å². The van der Waals surface area contributed by atoms with Crippen LogP contribution in [0.2, 0.25) is 0 Å². The van der Waals surface area contributed by atoms with Crippen molar-refractivity contribution in [2.75, 3.05) is 38.8 Å². The van der Waals surface area contributed by atoms with Crippen LogP contribution in [0.3, 0.4) is 0 Å². The second kappa shape index (κ2) is 10.6. The van der Waals surface area contributed by atoms with E-state index in [1.54, 1.807) is 21.6 Å². The van der Waals surface area contributed by atoms with Gasteiger partial charge in [-0.3, -0.25) is 0 Å². The first-order valence-electron chi connectivity index (χ1n) is 10.2. The molecule has 9 heteroatoms. The first-order valence-corrected chi connectivity index (χ1v) is 11.6. The number of cyclic esters (lactones) is 1. The molecule has 1 aromatic carbocycles. The molecule has 1 N–H and O–H groups in total. The third kappa shape index (κ3) is 5.38. The maximum Gasteiger partial charge on any atom is 0.410 e. The summed E-state index contributed by atoms with van der Waals surface area (Å²) in [7, 11) is 1.32. The van der Waals surface area contributed by atoms with Crippen molar-refractivity contribution in [1.29, 1.82) is 0 Å². The van der Waals surface area contributed by atoms with Crippen LogP contribution in [-0.4, -0.2) is 78.7 Å². The lowest BCUT2D eigenvalue weighted by Crippen LogP contribution is -2.53. The Bertz CT molecular complexity index is 739. The Morgan fingerprint density at radius 3 is 2.60 bits per heavy atom. The molecule has 0 saturated carbocycles. The summed E-state index contributed by atoms with van der Waals surface area (Å²) in [6.07, 6.45) is 3.28. The highest BCUT2D eigenvalue weighted by Gasteiger charge is 2.38. The number of amides is 3. The first-order chi connectivity index (χ1) is 14.5. The quantitative estimate of drug-likeness (QED) is 0.663. The summed E-state index contributed by atoms with van der Waals surface area (Å²) in [5.41, 5.74) is 0.990. The van der Waals surface area contributed by atoms with Crippen LogP contribution < -0.4 is 5.32 Å². The number of hydrogen-bond donors (Lipinski definition) is 1. The number of benzene rings is 1. The highest BCUT2D eigenvalue weighted by molar-refractivity contribution is 7.98. The van der Waals surface area contributed by atoms with Crippen molar-refractivity contribution in [1.82, 2.24) is 15.1 Å². The van der Waals surface area contributed by atoms with Crippen molar-refractivity contribution in [2.24, 2.45) is 0 Å². The predicted molar refractivity (Wildman–Crippen MR) is 114 cm³/mol. The van der Waals surface area contributed by atoms with E-state index in [0.717, 1.165) is 11.3 Å². The van der Waals surface area contributed by atoms with E-state index >= 15 is 0 Å². The number of piperidine rings is 1. The molecule has 2 aliphatic rings. The molecule has 3 amide bonds. The van der Waals surface area contributed by atoms with Gasteiger partial charge >= 0.3 is 18.1 Å². The van der Waals surface area contributed by atoms with Gasteiger partial charge in [-0.15, -0.1) is 0 Å². The lowest BCUT2D eigenvalue weighted by Gasteiger charge is -2.36. The summed E-state index contributed by atoms with van der Waals surface area (Å²) in [6, 6.07) is 8.86. The molecule has 2 fully saturated rings. The van der Waals surface area contributed by atoms with Gasteiger partial charge in [-0.2, -0.15) is 11.8 Å². The topological polar surface area (TPSA) is 88.2 Å². The molecule has 0 aliphatic carbocycles. The Balaban J connectivity index is 1.51. The van der Waals surface area contributed by atoms with E-state index in [4.69, 9.17) is 9.47 Å². The zero-order valence-electron chi connectivity index (χ0n) is 17.4. The van der Waals surface area contributed by atoms with Gasteiger partial charge in [0, 0.05) is 19.1 Å². The number of ether oxygens (including phenoxy) is 2. The Morgan fingerprint density at radius 1 is 1.27 bits per heavy atom. The molecule has 2 saturated heterocycles. The number of rotatable bonds is 7. The maximum absolute atomic E-state index is 12.6. The summed E-state index contributed by atoms with van der Waals surface area (Å²) in [5.74, 6) is 0.320. The van der Waals surface area contributed by atoms with Crippen molar-refractivity contribution in [3.05, 3.63) is 35.9 Å². The number of urea groups is 1. The van der Waals surface area contributed by atoms with Crippen molar-refractivity contribution in [3.8, 4) is 0 Å². The van der Waals surface area contributed by atoms with Crippen LogP contribution in [0.1, 0.15) is 30.9 Å². The number of thioether (sulfide) groups is 1. The fourth-order valence-corrected chi connectivity index (χ4v) is 4.34. The number of esters is 1. The molecule has 0 radical (unpaired) electrons. The molecule has 2 unspecified atom stereocenters. The van der Waals surface area contributed by atoms with Gasteiger partial charge in [-0.1, -0.05) is 30.3 Å². The van der Waals surface area contributed by atoms with E-state index in [1.165, 1.54) is 7.11 Å². The zero-order chi connectivity index (χ0) is 21.5. The second-order valence-corrected chi connectivity index (χ2v) is 8.45. The largest absolute Gasteiger partial charge is 0.467 e. The maximum atomic E-state index is 12.6. The van der Waals surface area contributed by atoms with E-state index in [9.17, 15) is 14.4 Å². The lowest BCUT2D eigenvalue weighted by atomic mass is 10.0. The fourth-order valence-electron chi connectivity index (χ4n) is 3.87. The molecule has 0 aromatic heterocycles. The molecule has 164 valence electrons. The molecular formula is C21H29N3O5S. The summed E-state index contributed by atoms with van der Waals surface area (Å²) >= 11 is 1.61. The van der Waals surface area contributed by atoms with Crippen LogP contribution in [0.25, 0.3) is 0 Å². The molecule has 3 rings (SSSR count). The molecule has 0 spiro atoms. The standard InChI is InChI=1S/C21H29N3O5S/c1-28-19(25)17(10-13-30-2)22-20(26)23-11-8-16(9-12-23)24-14-18(29-21(24)27)15-6-4-3-5-7-15/h3-7,16-18H,8-14H2,1-2H3,(H,22,26). The lowest BCUT2D eigenvalue weighted by molar-refractivity contribution is -0.142. The van der Waals surface area contributed by atoms with E-state index in [2.05, 4.69) is 5.32 Å². The van der Waals surface area contributed by atoms with Crippen molar-refractivity contribution in [2.45, 2.75) is 37.5 Å². The van der Waals surface area contributed by atoms with Crippen LogP contribution >= 0.6 is 11.8 Å². The first kappa shape index (κ1) is 22.3. The summed E-state index contributed by atoms with van der Waals surface area (Å²) < 4.78 is 10.4. The summed E-state index contributed by atoms with van der Waals surface area (Å²) in [5, 5.41) is 2.79. The molecule has 2 aliphatic heterocycles. The molecule has 30 heavy (non-hydrogen) atoms. The number of hydrogen-bond acceptors (Lipinski definition) is 6. The fraction of sp³-hybridized carbons (Fsp3) is 0.571.